The molecule has 1 rings (SSSR count). The average Bonchev–Trinajstić information content (AvgIpc) is 2.53. The molecular formula is C16H19NO5. The lowest BCUT2D eigenvalue weighted by atomic mass is 9.96. The molecule has 0 saturated heterocycles. The summed E-state index contributed by atoms with van der Waals surface area (Å²) in [6.07, 6.45) is 2.24. The SMILES string of the molecule is CCC(C(=O)CCc1cc(OC)cc(OC)c1)C(=O)OC#N. The topological polar surface area (TPSA) is 85.6 Å². The summed E-state index contributed by atoms with van der Waals surface area (Å²) in [5.74, 6) is -0.662. The maximum absolute atomic E-state index is 12.1. The number of methoxy groups -OCH3 is 2. The Morgan fingerprint density at radius 3 is 2.23 bits per heavy atom. The Labute approximate surface area is 129 Å². The van der Waals surface area contributed by atoms with Crippen LogP contribution < -0.4 is 9.47 Å². The first-order chi connectivity index (χ1) is 10.5. The van der Waals surface area contributed by atoms with Crippen molar-refractivity contribution in [2.75, 3.05) is 14.2 Å². The number of hydrogen-bond donors (Lipinski definition) is 0. The van der Waals surface area contributed by atoms with E-state index >= 15 is 0 Å². The number of Topliss-reactive ketones (excluding diaryl/α,β-unsaturated/α-hetero) is 1. The number of rotatable bonds is 8. The summed E-state index contributed by atoms with van der Waals surface area (Å²) < 4.78 is 14.6. The van der Waals surface area contributed by atoms with E-state index in [0.717, 1.165) is 5.56 Å². The van der Waals surface area contributed by atoms with E-state index in [1.807, 2.05) is 12.1 Å². The van der Waals surface area contributed by atoms with Crippen LogP contribution in [-0.2, 0) is 20.7 Å². The molecule has 0 spiro atoms. The summed E-state index contributed by atoms with van der Waals surface area (Å²) in [7, 11) is 3.10. The molecule has 0 aliphatic carbocycles. The van der Waals surface area contributed by atoms with Gasteiger partial charge in [0.1, 0.15) is 23.2 Å². The molecule has 1 unspecified atom stereocenters. The van der Waals surface area contributed by atoms with Crippen LogP contribution in [0.25, 0.3) is 0 Å². The lowest BCUT2D eigenvalue weighted by Crippen LogP contribution is -2.24. The number of ketones is 1. The lowest BCUT2D eigenvalue weighted by Gasteiger charge is -2.11. The zero-order valence-corrected chi connectivity index (χ0v) is 12.9. The molecule has 22 heavy (non-hydrogen) atoms. The molecule has 118 valence electrons. The van der Waals surface area contributed by atoms with Gasteiger partial charge in [0, 0.05) is 12.5 Å². The van der Waals surface area contributed by atoms with E-state index in [-0.39, 0.29) is 12.2 Å². The van der Waals surface area contributed by atoms with Crippen LogP contribution in [0.15, 0.2) is 18.2 Å². The Kier molecular flexibility index (Phi) is 6.90. The van der Waals surface area contributed by atoms with Gasteiger partial charge in [0.05, 0.1) is 14.2 Å². The van der Waals surface area contributed by atoms with Gasteiger partial charge in [-0.15, -0.1) is 5.26 Å². The second kappa shape index (κ2) is 8.67. The largest absolute Gasteiger partial charge is 0.497 e. The predicted octanol–water partition coefficient (Wildman–Crippen LogP) is 2.26. The van der Waals surface area contributed by atoms with E-state index in [1.54, 1.807) is 27.2 Å². The van der Waals surface area contributed by atoms with Crippen molar-refractivity contribution in [3.05, 3.63) is 23.8 Å². The number of nitriles is 1. The first-order valence-electron chi connectivity index (χ1n) is 6.90. The van der Waals surface area contributed by atoms with Gasteiger partial charge in [0.25, 0.3) is 6.26 Å². The second-order valence-corrected chi connectivity index (χ2v) is 4.66. The molecular weight excluding hydrogens is 286 g/mol. The van der Waals surface area contributed by atoms with Crippen molar-refractivity contribution >= 4 is 11.8 Å². The minimum atomic E-state index is -0.896. The summed E-state index contributed by atoms with van der Waals surface area (Å²) in [5, 5.41) is 8.35. The number of aryl methyl sites for hydroxylation is 1. The Hall–Kier alpha value is -2.55. The molecule has 0 aliphatic heterocycles. The van der Waals surface area contributed by atoms with Crippen LogP contribution in [-0.4, -0.2) is 26.0 Å². The van der Waals surface area contributed by atoms with Crippen LogP contribution in [0.2, 0.25) is 0 Å². The van der Waals surface area contributed by atoms with Crippen molar-refractivity contribution in [3.8, 4) is 17.8 Å². The molecule has 0 amide bonds. The third-order valence-electron chi connectivity index (χ3n) is 3.30. The van der Waals surface area contributed by atoms with E-state index in [1.165, 1.54) is 6.26 Å². The molecule has 6 nitrogen and oxygen atoms in total. The second-order valence-electron chi connectivity index (χ2n) is 4.66. The molecule has 0 fully saturated rings. The van der Waals surface area contributed by atoms with Gasteiger partial charge in [-0.3, -0.25) is 9.59 Å². The van der Waals surface area contributed by atoms with Gasteiger partial charge >= 0.3 is 5.97 Å². The van der Waals surface area contributed by atoms with Crippen LogP contribution in [0.1, 0.15) is 25.3 Å². The Morgan fingerprint density at radius 2 is 1.77 bits per heavy atom. The summed E-state index contributed by atoms with van der Waals surface area (Å²) in [5.41, 5.74) is 0.869. The number of carbonyl (C=O) groups excluding carboxylic acids is 2. The normalized spacial score (nSPS) is 11.2. The first kappa shape index (κ1) is 17.5. The minimum absolute atomic E-state index is 0.176. The van der Waals surface area contributed by atoms with E-state index in [4.69, 9.17) is 14.7 Å². The number of benzene rings is 1. The molecule has 0 heterocycles. The summed E-state index contributed by atoms with van der Waals surface area (Å²) >= 11 is 0. The zero-order valence-electron chi connectivity index (χ0n) is 12.9. The van der Waals surface area contributed by atoms with E-state index in [2.05, 4.69) is 4.74 Å². The molecule has 0 radical (unpaired) electrons. The monoisotopic (exact) mass is 305 g/mol. The van der Waals surface area contributed by atoms with Crippen molar-refractivity contribution in [1.82, 2.24) is 0 Å². The highest BCUT2D eigenvalue weighted by molar-refractivity contribution is 5.99. The van der Waals surface area contributed by atoms with Gasteiger partial charge in [0.15, 0.2) is 0 Å². The quantitative estimate of drug-likeness (QED) is 0.416. The van der Waals surface area contributed by atoms with Crippen molar-refractivity contribution in [1.29, 1.82) is 5.26 Å². The molecule has 0 bridgehead atoms. The fraction of sp³-hybridized carbons (Fsp3) is 0.438. The lowest BCUT2D eigenvalue weighted by molar-refractivity contribution is -0.146. The number of hydrogen-bond acceptors (Lipinski definition) is 6. The van der Waals surface area contributed by atoms with Gasteiger partial charge < -0.3 is 14.2 Å². The molecule has 1 aromatic carbocycles. The molecule has 0 saturated carbocycles. The van der Waals surface area contributed by atoms with E-state index < -0.39 is 11.9 Å². The maximum atomic E-state index is 12.1. The van der Waals surface area contributed by atoms with Gasteiger partial charge in [-0.2, -0.15) is 0 Å². The maximum Gasteiger partial charge on any atom is 0.332 e. The predicted molar refractivity (Wildman–Crippen MR) is 78.4 cm³/mol. The van der Waals surface area contributed by atoms with E-state index in [0.29, 0.717) is 24.3 Å². The summed E-state index contributed by atoms with van der Waals surface area (Å²) in [6, 6.07) is 5.36. The third kappa shape index (κ3) is 4.77. The van der Waals surface area contributed by atoms with Crippen molar-refractivity contribution in [3.63, 3.8) is 0 Å². The van der Waals surface area contributed by atoms with Gasteiger partial charge in [0.2, 0.25) is 0 Å². The van der Waals surface area contributed by atoms with Crippen LogP contribution in [0.3, 0.4) is 0 Å². The highest BCUT2D eigenvalue weighted by Crippen LogP contribution is 2.24. The third-order valence-corrected chi connectivity index (χ3v) is 3.30. The molecule has 1 aromatic rings. The average molecular weight is 305 g/mol. The first-order valence-corrected chi connectivity index (χ1v) is 6.90. The summed E-state index contributed by atoms with van der Waals surface area (Å²) in [4.78, 5) is 23.6. The van der Waals surface area contributed by atoms with Gasteiger partial charge in [-0.05, 0) is 30.5 Å². The molecule has 0 N–H and O–H groups in total. The number of ether oxygens (including phenoxy) is 3. The number of nitrogens with zero attached hydrogens (tertiary/aromatic N) is 1. The molecule has 6 heteroatoms. The zero-order chi connectivity index (χ0) is 16.5. The standard InChI is InChI=1S/C16H19NO5/c1-4-14(16(19)22-10-17)15(18)6-5-11-7-12(20-2)9-13(8-11)21-3/h7-9,14H,4-6H2,1-3H3. The van der Waals surface area contributed by atoms with Gasteiger partial charge in [-0.1, -0.05) is 6.92 Å². The van der Waals surface area contributed by atoms with E-state index in [9.17, 15) is 9.59 Å². The highest BCUT2D eigenvalue weighted by Gasteiger charge is 2.26. The Bertz CT molecular complexity index is 554. The van der Waals surface area contributed by atoms with Crippen molar-refractivity contribution < 1.29 is 23.8 Å². The van der Waals surface area contributed by atoms with Crippen molar-refractivity contribution in [2.24, 2.45) is 5.92 Å². The van der Waals surface area contributed by atoms with Crippen LogP contribution in [0.4, 0.5) is 0 Å². The molecule has 0 aromatic heterocycles. The van der Waals surface area contributed by atoms with Crippen LogP contribution in [0.5, 0.6) is 11.5 Å². The fourth-order valence-corrected chi connectivity index (χ4v) is 2.09. The van der Waals surface area contributed by atoms with Crippen LogP contribution >= 0.6 is 0 Å². The smallest absolute Gasteiger partial charge is 0.332 e. The van der Waals surface area contributed by atoms with Crippen molar-refractivity contribution in [2.45, 2.75) is 26.2 Å². The Balaban J connectivity index is 2.74. The number of esters is 1. The molecule has 0 aliphatic rings. The highest BCUT2D eigenvalue weighted by atomic mass is 16.5. The molecule has 1 atom stereocenters. The summed E-state index contributed by atoms with van der Waals surface area (Å²) in [6.45, 7) is 1.70. The Morgan fingerprint density at radius 1 is 1.18 bits per heavy atom. The van der Waals surface area contributed by atoms with Crippen LogP contribution in [0, 0.1) is 17.4 Å². The van der Waals surface area contributed by atoms with Gasteiger partial charge in [-0.25, -0.2) is 0 Å². The minimum Gasteiger partial charge on any atom is -0.497 e. The number of carbonyl (C=O) groups is 2. The fourth-order valence-electron chi connectivity index (χ4n) is 2.09.